The molecule has 0 aliphatic carbocycles. The highest BCUT2D eigenvalue weighted by Gasteiger charge is 2.17. The number of ether oxygens (including phenoxy) is 1. The normalized spacial score (nSPS) is 11.5. The van der Waals surface area contributed by atoms with E-state index in [2.05, 4.69) is 5.32 Å². The number of hydrogen-bond donors (Lipinski definition) is 2. The monoisotopic (exact) mass is 310 g/mol. The van der Waals surface area contributed by atoms with E-state index in [1.54, 1.807) is 31.6 Å². The molecule has 1 amide bonds. The number of nitrogens with two attached hydrogens (primary N) is 1. The van der Waals surface area contributed by atoms with Crippen LogP contribution in [0.5, 0.6) is 0 Å². The van der Waals surface area contributed by atoms with Crippen molar-refractivity contribution < 1.29 is 13.9 Å². The van der Waals surface area contributed by atoms with Crippen LogP contribution >= 0.6 is 12.4 Å². The average molecular weight is 311 g/mol. The summed E-state index contributed by atoms with van der Waals surface area (Å²) in [6.07, 6.45) is 1.57. The summed E-state index contributed by atoms with van der Waals surface area (Å²) in [4.78, 5) is 12.2. The summed E-state index contributed by atoms with van der Waals surface area (Å²) < 4.78 is 10.4. The summed E-state index contributed by atoms with van der Waals surface area (Å²) in [5.41, 5.74) is 7.10. The van der Waals surface area contributed by atoms with Gasteiger partial charge < -0.3 is 20.2 Å². The number of amides is 1. The van der Waals surface area contributed by atoms with Crippen molar-refractivity contribution in [3.8, 4) is 0 Å². The van der Waals surface area contributed by atoms with Crippen molar-refractivity contribution >= 4 is 18.3 Å². The standard InChI is InChI=1S/C15H18N2O3.ClH/c1-19-10-13(14-3-2-8-20-14)17-15(18)12-6-4-11(9-16)5-7-12;/h2-8,13H,9-10,16H2,1H3,(H,17,18);1H. The van der Waals surface area contributed by atoms with Crippen molar-refractivity contribution in [3.63, 3.8) is 0 Å². The fourth-order valence-electron chi connectivity index (χ4n) is 1.88. The lowest BCUT2D eigenvalue weighted by molar-refractivity contribution is 0.0883. The van der Waals surface area contributed by atoms with Crippen LogP contribution < -0.4 is 11.1 Å². The maximum atomic E-state index is 12.2. The van der Waals surface area contributed by atoms with E-state index in [0.29, 0.717) is 24.5 Å². The first-order valence-corrected chi connectivity index (χ1v) is 6.36. The molecule has 0 fully saturated rings. The van der Waals surface area contributed by atoms with E-state index < -0.39 is 0 Å². The molecule has 2 aromatic rings. The SMILES string of the molecule is COCC(NC(=O)c1ccc(CN)cc1)c1ccco1.Cl. The Morgan fingerprint density at radius 3 is 2.57 bits per heavy atom. The Bertz CT molecular complexity index is 541. The molecule has 0 saturated heterocycles. The van der Waals surface area contributed by atoms with Gasteiger partial charge in [0.25, 0.3) is 5.91 Å². The Hall–Kier alpha value is -1.82. The molecule has 3 N–H and O–H groups in total. The van der Waals surface area contributed by atoms with E-state index in [0.717, 1.165) is 5.56 Å². The van der Waals surface area contributed by atoms with Gasteiger partial charge in [0.05, 0.1) is 12.9 Å². The van der Waals surface area contributed by atoms with Crippen LogP contribution in [0.25, 0.3) is 0 Å². The predicted molar refractivity (Wildman–Crippen MR) is 82.4 cm³/mol. The summed E-state index contributed by atoms with van der Waals surface area (Å²) in [5, 5.41) is 2.89. The van der Waals surface area contributed by atoms with Crippen molar-refractivity contribution in [1.82, 2.24) is 5.32 Å². The number of furan rings is 1. The van der Waals surface area contributed by atoms with Crippen LogP contribution in [0.2, 0.25) is 0 Å². The highest BCUT2D eigenvalue weighted by atomic mass is 35.5. The third kappa shape index (κ3) is 4.60. The number of benzene rings is 1. The number of carbonyl (C=O) groups excluding carboxylic acids is 1. The average Bonchev–Trinajstić information content (AvgIpc) is 3.01. The molecule has 114 valence electrons. The van der Waals surface area contributed by atoms with Gasteiger partial charge >= 0.3 is 0 Å². The van der Waals surface area contributed by atoms with Crippen molar-refractivity contribution in [1.29, 1.82) is 0 Å². The van der Waals surface area contributed by atoms with Crippen LogP contribution in [0.3, 0.4) is 0 Å². The minimum atomic E-state index is -0.309. The topological polar surface area (TPSA) is 77.5 Å². The second-order valence-corrected chi connectivity index (χ2v) is 4.40. The van der Waals surface area contributed by atoms with E-state index in [1.165, 1.54) is 0 Å². The Kier molecular flexibility index (Phi) is 6.94. The molecular formula is C15H19ClN2O3. The molecule has 21 heavy (non-hydrogen) atoms. The van der Waals surface area contributed by atoms with Gasteiger partial charge in [-0.3, -0.25) is 4.79 Å². The summed E-state index contributed by atoms with van der Waals surface area (Å²) in [7, 11) is 1.58. The molecule has 2 rings (SSSR count). The molecule has 1 aromatic heterocycles. The summed E-state index contributed by atoms with van der Waals surface area (Å²) in [6, 6.07) is 10.5. The van der Waals surface area contributed by atoms with Crippen molar-refractivity contribution in [2.75, 3.05) is 13.7 Å². The number of carbonyl (C=O) groups is 1. The minimum Gasteiger partial charge on any atom is -0.467 e. The maximum absolute atomic E-state index is 12.2. The van der Waals surface area contributed by atoms with Gasteiger partial charge in [0.15, 0.2) is 0 Å². The Morgan fingerprint density at radius 2 is 2.05 bits per heavy atom. The zero-order valence-electron chi connectivity index (χ0n) is 11.7. The molecule has 0 aliphatic rings. The van der Waals surface area contributed by atoms with Gasteiger partial charge in [-0.2, -0.15) is 0 Å². The Balaban J connectivity index is 0.00000220. The summed E-state index contributed by atoms with van der Waals surface area (Å²) in [6.45, 7) is 0.806. The second kappa shape index (κ2) is 8.46. The Morgan fingerprint density at radius 1 is 1.33 bits per heavy atom. The number of halogens is 1. The lowest BCUT2D eigenvalue weighted by Crippen LogP contribution is -2.31. The molecule has 5 nitrogen and oxygen atoms in total. The van der Waals surface area contributed by atoms with Gasteiger partial charge in [0.2, 0.25) is 0 Å². The fourth-order valence-corrected chi connectivity index (χ4v) is 1.88. The lowest BCUT2D eigenvalue weighted by atomic mass is 10.1. The van der Waals surface area contributed by atoms with Crippen LogP contribution in [0, 0.1) is 0 Å². The van der Waals surface area contributed by atoms with Crippen molar-refractivity contribution in [2.24, 2.45) is 5.73 Å². The zero-order chi connectivity index (χ0) is 14.4. The molecule has 1 aromatic carbocycles. The summed E-state index contributed by atoms with van der Waals surface area (Å²) in [5.74, 6) is 0.491. The zero-order valence-corrected chi connectivity index (χ0v) is 12.6. The quantitative estimate of drug-likeness (QED) is 0.858. The Labute approximate surface area is 129 Å². The molecule has 0 spiro atoms. The third-order valence-electron chi connectivity index (χ3n) is 2.98. The van der Waals surface area contributed by atoms with E-state index in [-0.39, 0.29) is 24.4 Å². The largest absolute Gasteiger partial charge is 0.467 e. The molecule has 0 bridgehead atoms. The number of hydrogen-bond acceptors (Lipinski definition) is 4. The maximum Gasteiger partial charge on any atom is 0.251 e. The number of nitrogens with one attached hydrogen (secondary N) is 1. The smallest absolute Gasteiger partial charge is 0.251 e. The van der Waals surface area contributed by atoms with E-state index in [9.17, 15) is 4.79 Å². The minimum absolute atomic E-state index is 0. The molecular weight excluding hydrogens is 292 g/mol. The first-order chi connectivity index (χ1) is 9.74. The molecule has 0 saturated carbocycles. The van der Waals surface area contributed by atoms with Crippen LogP contribution in [0.4, 0.5) is 0 Å². The molecule has 6 heteroatoms. The van der Waals surface area contributed by atoms with Gasteiger partial charge in [0, 0.05) is 19.2 Å². The van der Waals surface area contributed by atoms with Crippen LogP contribution in [-0.2, 0) is 11.3 Å². The third-order valence-corrected chi connectivity index (χ3v) is 2.98. The van der Waals surface area contributed by atoms with Crippen molar-refractivity contribution in [3.05, 3.63) is 59.5 Å². The van der Waals surface area contributed by atoms with Crippen LogP contribution in [0.15, 0.2) is 47.1 Å². The predicted octanol–water partition coefficient (Wildman–Crippen LogP) is 2.28. The lowest BCUT2D eigenvalue weighted by Gasteiger charge is -2.15. The molecule has 1 atom stereocenters. The van der Waals surface area contributed by atoms with Gasteiger partial charge in [-0.25, -0.2) is 0 Å². The second-order valence-electron chi connectivity index (χ2n) is 4.40. The van der Waals surface area contributed by atoms with Gasteiger partial charge in [-0.05, 0) is 29.8 Å². The highest BCUT2D eigenvalue weighted by molar-refractivity contribution is 5.94. The highest BCUT2D eigenvalue weighted by Crippen LogP contribution is 2.15. The fraction of sp³-hybridized carbons (Fsp3) is 0.267. The first-order valence-electron chi connectivity index (χ1n) is 6.36. The van der Waals surface area contributed by atoms with Crippen LogP contribution in [-0.4, -0.2) is 19.6 Å². The van der Waals surface area contributed by atoms with Gasteiger partial charge in [-0.15, -0.1) is 12.4 Å². The van der Waals surface area contributed by atoms with Gasteiger partial charge in [-0.1, -0.05) is 12.1 Å². The number of methoxy groups -OCH3 is 1. The van der Waals surface area contributed by atoms with Crippen LogP contribution in [0.1, 0.15) is 27.7 Å². The summed E-state index contributed by atoms with van der Waals surface area (Å²) >= 11 is 0. The van der Waals surface area contributed by atoms with Gasteiger partial charge in [0.1, 0.15) is 11.8 Å². The van der Waals surface area contributed by atoms with E-state index in [4.69, 9.17) is 14.9 Å². The first kappa shape index (κ1) is 17.2. The molecule has 0 radical (unpaired) electrons. The van der Waals surface area contributed by atoms with Crippen molar-refractivity contribution in [2.45, 2.75) is 12.6 Å². The molecule has 0 aliphatic heterocycles. The van der Waals surface area contributed by atoms with E-state index >= 15 is 0 Å². The number of rotatable bonds is 6. The molecule has 1 heterocycles. The van der Waals surface area contributed by atoms with E-state index in [1.807, 2.05) is 18.2 Å². The molecule has 1 unspecified atom stereocenters.